The van der Waals surface area contributed by atoms with Gasteiger partial charge in [-0.2, -0.15) is 0 Å². The average Bonchev–Trinajstić information content (AvgIpc) is 2.82. The topological polar surface area (TPSA) is 44.9 Å². The molecule has 0 spiro atoms. The average molecular weight is 277 g/mol. The smallest absolute Gasteiger partial charge is 0.235 e. The first-order chi connectivity index (χ1) is 9.28. The van der Waals surface area contributed by atoms with Crippen molar-refractivity contribution in [3.8, 4) is 0 Å². The van der Waals surface area contributed by atoms with E-state index in [1.807, 2.05) is 0 Å². The van der Waals surface area contributed by atoms with E-state index in [9.17, 15) is 4.79 Å². The summed E-state index contributed by atoms with van der Waals surface area (Å²) in [7, 11) is 0. The summed E-state index contributed by atoms with van der Waals surface area (Å²) in [5.74, 6) is -0.111. The lowest BCUT2D eigenvalue weighted by atomic mass is 9.95. The molecule has 0 atom stereocenters. The highest BCUT2D eigenvalue weighted by atomic mass is 35.5. The summed E-state index contributed by atoms with van der Waals surface area (Å²) in [5.41, 5.74) is 5.19. The van der Waals surface area contributed by atoms with E-state index in [0.717, 1.165) is 18.4 Å². The molecule has 1 aromatic carbocycles. The Balaban J connectivity index is 1.89. The van der Waals surface area contributed by atoms with E-state index in [1.165, 1.54) is 35.0 Å². The van der Waals surface area contributed by atoms with Gasteiger partial charge in [0.25, 0.3) is 0 Å². The fourth-order valence-electron chi connectivity index (χ4n) is 2.81. The maximum Gasteiger partial charge on any atom is 0.235 e. The van der Waals surface area contributed by atoms with Crippen molar-refractivity contribution in [2.24, 2.45) is 0 Å². The molecule has 1 amide bonds. The molecule has 3 nitrogen and oxygen atoms in total. The lowest BCUT2D eigenvalue weighted by Gasteiger charge is -2.10. The normalized spacial score (nSPS) is 14.4. The molecule has 1 heterocycles. The van der Waals surface area contributed by atoms with Crippen LogP contribution in [0.2, 0.25) is 0 Å². The van der Waals surface area contributed by atoms with Crippen LogP contribution in [0.3, 0.4) is 0 Å². The molecule has 1 aromatic heterocycles. The summed E-state index contributed by atoms with van der Waals surface area (Å²) >= 11 is 5.47. The van der Waals surface area contributed by atoms with E-state index in [4.69, 9.17) is 11.6 Å². The van der Waals surface area contributed by atoms with Gasteiger partial charge in [0.15, 0.2) is 0 Å². The van der Waals surface area contributed by atoms with Crippen molar-refractivity contribution in [1.29, 1.82) is 0 Å². The fraction of sp³-hybridized carbons (Fsp3) is 0.400. The minimum Gasteiger partial charge on any atom is -0.358 e. The van der Waals surface area contributed by atoms with Gasteiger partial charge in [0.2, 0.25) is 5.91 Å². The number of nitrogens with one attached hydrogen (secondary N) is 2. The Hall–Kier alpha value is -1.48. The second kappa shape index (κ2) is 5.25. The van der Waals surface area contributed by atoms with Crippen LogP contribution in [0.5, 0.6) is 0 Å². The number of hydrogen-bond donors (Lipinski definition) is 2. The third-order valence-electron chi connectivity index (χ3n) is 3.77. The summed E-state index contributed by atoms with van der Waals surface area (Å²) in [5, 5.41) is 4.12. The van der Waals surface area contributed by atoms with Gasteiger partial charge in [-0.1, -0.05) is 6.07 Å². The molecule has 0 unspecified atom stereocenters. The highest BCUT2D eigenvalue weighted by molar-refractivity contribution is 6.27. The summed E-state index contributed by atoms with van der Waals surface area (Å²) in [6.07, 6.45) is 4.86. The summed E-state index contributed by atoms with van der Waals surface area (Å²) < 4.78 is 0. The number of aromatic amines is 1. The largest absolute Gasteiger partial charge is 0.358 e. The molecular weight excluding hydrogens is 260 g/mol. The molecule has 0 saturated carbocycles. The number of carbonyl (C=O) groups is 1. The van der Waals surface area contributed by atoms with Gasteiger partial charge >= 0.3 is 0 Å². The number of halogens is 1. The number of H-pyrrole nitrogens is 1. The maximum atomic E-state index is 11.2. The van der Waals surface area contributed by atoms with Gasteiger partial charge in [-0.05, 0) is 48.9 Å². The molecule has 2 aromatic rings. The number of rotatable bonds is 3. The van der Waals surface area contributed by atoms with E-state index in [2.05, 4.69) is 28.5 Å². The van der Waals surface area contributed by atoms with Gasteiger partial charge < -0.3 is 10.3 Å². The number of alkyl halides is 1. The molecule has 0 saturated heterocycles. The molecule has 4 heteroatoms. The van der Waals surface area contributed by atoms with Crippen molar-refractivity contribution in [2.45, 2.75) is 32.2 Å². The van der Waals surface area contributed by atoms with Crippen molar-refractivity contribution in [3.63, 3.8) is 0 Å². The van der Waals surface area contributed by atoms with E-state index in [0.29, 0.717) is 6.54 Å². The monoisotopic (exact) mass is 276 g/mol. The lowest BCUT2D eigenvalue weighted by molar-refractivity contribution is -0.118. The van der Waals surface area contributed by atoms with Crippen molar-refractivity contribution >= 4 is 28.4 Å². The number of carbonyl (C=O) groups excluding carboxylic acids is 1. The van der Waals surface area contributed by atoms with Gasteiger partial charge in [-0.15, -0.1) is 11.6 Å². The first-order valence-corrected chi connectivity index (χ1v) is 7.26. The number of benzene rings is 1. The van der Waals surface area contributed by atoms with Gasteiger partial charge in [-0.3, -0.25) is 4.79 Å². The minimum absolute atomic E-state index is 0.0157. The molecule has 0 radical (unpaired) electrons. The molecule has 19 heavy (non-hydrogen) atoms. The number of hydrogen-bond acceptors (Lipinski definition) is 1. The Morgan fingerprint density at radius 1 is 1.32 bits per heavy atom. The van der Waals surface area contributed by atoms with Crippen LogP contribution >= 0.6 is 11.6 Å². The zero-order chi connectivity index (χ0) is 13.2. The SMILES string of the molecule is O=C(CCl)NCc1ccc2[nH]c3c(c2c1)CCCC3. The molecule has 0 fully saturated rings. The van der Waals surface area contributed by atoms with E-state index < -0.39 is 0 Å². The van der Waals surface area contributed by atoms with Crippen LogP contribution in [0.4, 0.5) is 0 Å². The van der Waals surface area contributed by atoms with Crippen LogP contribution in [0.25, 0.3) is 10.9 Å². The van der Waals surface area contributed by atoms with Crippen molar-refractivity contribution in [3.05, 3.63) is 35.0 Å². The van der Waals surface area contributed by atoms with Gasteiger partial charge in [0.05, 0.1) is 0 Å². The Bertz CT molecular complexity index is 618. The predicted octanol–water partition coefficient (Wildman–Crippen LogP) is 2.90. The Labute approximate surface area is 117 Å². The van der Waals surface area contributed by atoms with Crippen molar-refractivity contribution in [1.82, 2.24) is 10.3 Å². The zero-order valence-corrected chi connectivity index (χ0v) is 11.5. The van der Waals surface area contributed by atoms with Crippen LogP contribution in [0, 0.1) is 0 Å². The number of aryl methyl sites for hydroxylation is 2. The highest BCUT2D eigenvalue weighted by Crippen LogP contribution is 2.29. The molecule has 100 valence electrons. The Kier molecular flexibility index (Phi) is 3.47. The van der Waals surface area contributed by atoms with Gasteiger partial charge in [0, 0.05) is 23.1 Å². The number of aromatic nitrogens is 1. The lowest BCUT2D eigenvalue weighted by Crippen LogP contribution is -2.23. The molecular formula is C15H17ClN2O. The molecule has 2 N–H and O–H groups in total. The molecule has 1 aliphatic carbocycles. The van der Waals surface area contributed by atoms with E-state index in [1.54, 1.807) is 0 Å². The van der Waals surface area contributed by atoms with Gasteiger partial charge in [-0.25, -0.2) is 0 Å². The number of fused-ring (bicyclic) bond motifs is 3. The van der Waals surface area contributed by atoms with E-state index in [-0.39, 0.29) is 11.8 Å². The second-order valence-corrected chi connectivity index (χ2v) is 5.35. The third kappa shape index (κ3) is 2.47. The Morgan fingerprint density at radius 2 is 2.16 bits per heavy atom. The van der Waals surface area contributed by atoms with Crippen LogP contribution in [0.1, 0.15) is 29.7 Å². The standard InChI is InChI=1S/C15H17ClN2O/c16-8-15(19)17-9-10-5-6-14-12(7-10)11-3-1-2-4-13(11)18-14/h5-7,18H,1-4,8-9H2,(H,17,19). The minimum atomic E-state index is -0.127. The fourth-order valence-corrected chi connectivity index (χ4v) is 2.91. The molecule has 0 aliphatic heterocycles. The summed E-state index contributed by atoms with van der Waals surface area (Å²) in [6, 6.07) is 6.35. The van der Waals surface area contributed by atoms with Crippen LogP contribution < -0.4 is 5.32 Å². The summed E-state index contributed by atoms with van der Waals surface area (Å²) in [4.78, 5) is 14.7. The van der Waals surface area contributed by atoms with Crippen LogP contribution in [-0.2, 0) is 24.2 Å². The second-order valence-electron chi connectivity index (χ2n) is 5.08. The number of amides is 1. The highest BCUT2D eigenvalue weighted by Gasteiger charge is 2.15. The first kappa shape index (κ1) is 12.5. The van der Waals surface area contributed by atoms with Gasteiger partial charge in [0.1, 0.15) is 5.88 Å². The first-order valence-electron chi connectivity index (χ1n) is 6.73. The maximum absolute atomic E-state index is 11.2. The van der Waals surface area contributed by atoms with Crippen LogP contribution in [-0.4, -0.2) is 16.8 Å². The summed E-state index contributed by atoms with van der Waals surface area (Å²) in [6.45, 7) is 0.543. The molecule has 1 aliphatic rings. The quantitative estimate of drug-likeness (QED) is 0.832. The third-order valence-corrected chi connectivity index (χ3v) is 4.02. The Morgan fingerprint density at radius 3 is 3.00 bits per heavy atom. The predicted molar refractivity (Wildman–Crippen MR) is 77.5 cm³/mol. The zero-order valence-electron chi connectivity index (χ0n) is 10.8. The van der Waals surface area contributed by atoms with E-state index >= 15 is 0 Å². The van der Waals surface area contributed by atoms with Crippen LogP contribution in [0.15, 0.2) is 18.2 Å². The molecule has 0 bridgehead atoms. The van der Waals surface area contributed by atoms with Crippen molar-refractivity contribution < 1.29 is 4.79 Å². The van der Waals surface area contributed by atoms with Crippen molar-refractivity contribution in [2.75, 3.05) is 5.88 Å². The molecule has 3 rings (SSSR count).